The van der Waals surface area contributed by atoms with Crippen LogP contribution in [0.5, 0.6) is 0 Å². The molecule has 1 saturated heterocycles. The number of hydrogen-bond acceptors (Lipinski definition) is 6. The van der Waals surface area contributed by atoms with Gasteiger partial charge < -0.3 is 4.90 Å². The van der Waals surface area contributed by atoms with Crippen LogP contribution in [0.2, 0.25) is 0 Å². The van der Waals surface area contributed by atoms with Crippen LogP contribution in [0.1, 0.15) is 55.1 Å². The number of anilines is 1. The van der Waals surface area contributed by atoms with Gasteiger partial charge in [0.25, 0.3) is 5.91 Å². The molecule has 1 aliphatic heterocycles. The summed E-state index contributed by atoms with van der Waals surface area (Å²) in [7, 11) is -3.56. The fourth-order valence-electron chi connectivity index (χ4n) is 4.84. The number of thiazole rings is 1. The van der Waals surface area contributed by atoms with E-state index < -0.39 is 10.0 Å². The second kappa shape index (κ2) is 12.9. The van der Waals surface area contributed by atoms with Crippen molar-refractivity contribution in [3.63, 3.8) is 0 Å². The number of nitrogens with zero attached hydrogens (tertiary/aromatic N) is 4. The van der Waals surface area contributed by atoms with Gasteiger partial charge in [-0.05, 0) is 87.2 Å². The van der Waals surface area contributed by atoms with Gasteiger partial charge in [-0.15, -0.1) is 12.4 Å². The van der Waals surface area contributed by atoms with Gasteiger partial charge in [0.15, 0.2) is 5.13 Å². The number of fused-ring (bicyclic) bond motifs is 1. The van der Waals surface area contributed by atoms with Gasteiger partial charge in [-0.2, -0.15) is 4.31 Å². The first-order chi connectivity index (χ1) is 17.6. The van der Waals surface area contributed by atoms with Gasteiger partial charge in [-0.3, -0.25) is 9.69 Å². The molecule has 3 aromatic rings. The third-order valence-electron chi connectivity index (χ3n) is 7.31. The van der Waals surface area contributed by atoms with Gasteiger partial charge in [0.05, 0.1) is 15.1 Å². The number of hydrogen-bond donors (Lipinski definition) is 0. The first-order valence-electron chi connectivity index (χ1n) is 13.2. The molecule has 208 valence electrons. The molecule has 0 N–H and O–H groups in total. The van der Waals surface area contributed by atoms with E-state index >= 15 is 0 Å². The maximum Gasteiger partial charge on any atom is 0.260 e. The number of halogens is 1. The Morgan fingerprint density at radius 1 is 1.05 bits per heavy atom. The van der Waals surface area contributed by atoms with Crippen LogP contribution >= 0.6 is 23.7 Å². The molecule has 10 heteroatoms. The molecule has 0 aliphatic carbocycles. The van der Waals surface area contributed by atoms with Crippen LogP contribution in [0, 0.1) is 19.8 Å². The summed E-state index contributed by atoms with van der Waals surface area (Å²) in [6.45, 7) is 14.6. The summed E-state index contributed by atoms with van der Waals surface area (Å²) in [5, 5.41) is 0.667. The molecule has 4 rings (SSSR count). The van der Waals surface area contributed by atoms with Crippen molar-refractivity contribution in [2.24, 2.45) is 5.92 Å². The molecule has 2 heterocycles. The van der Waals surface area contributed by atoms with E-state index in [1.165, 1.54) is 16.9 Å². The molecule has 1 fully saturated rings. The molecule has 0 unspecified atom stereocenters. The summed E-state index contributed by atoms with van der Waals surface area (Å²) >= 11 is 1.52. The third-order valence-corrected chi connectivity index (χ3v) is 10.2. The van der Waals surface area contributed by atoms with Crippen molar-refractivity contribution in [3.8, 4) is 0 Å². The smallest absolute Gasteiger partial charge is 0.260 e. The molecule has 7 nitrogen and oxygen atoms in total. The Bertz CT molecular complexity index is 1350. The predicted molar refractivity (Wildman–Crippen MR) is 159 cm³/mol. The molecular formula is C28H39ClN4O3S2. The van der Waals surface area contributed by atoms with Crippen molar-refractivity contribution >= 4 is 55.0 Å². The van der Waals surface area contributed by atoms with E-state index in [1.54, 1.807) is 33.5 Å². The highest BCUT2D eigenvalue weighted by Gasteiger charge is 2.29. The Balaban J connectivity index is 0.00000400. The van der Waals surface area contributed by atoms with E-state index in [4.69, 9.17) is 4.98 Å². The van der Waals surface area contributed by atoms with Gasteiger partial charge in [0.1, 0.15) is 0 Å². The fourth-order valence-corrected chi connectivity index (χ4v) is 7.48. The minimum absolute atomic E-state index is 0. The molecule has 1 aliphatic rings. The summed E-state index contributed by atoms with van der Waals surface area (Å²) in [6, 6.07) is 10.6. The summed E-state index contributed by atoms with van der Waals surface area (Å²) in [4.78, 5) is 22.9. The lowest BCUT2D eigenvalue weighted by Gasteiger charge is -2.29. The van der Waals surface area contributed by atoms with Crippen LogP contribution in [-0.2, 0) is 10.0 Å². The molecule has 0 saturated carbocycles. The minimum Gasteiger partial charge on any atom is -0.302 e. The number of sulfonamides is 1. The zero-order chi connectivity index (χ0) is 26.7. The molecule has 0 radical (unpaired) electrons. The van der Waals surface area contributed by atoms with Crippen molar-refractivity contribution in [2.45, 2.75) is 52.4 Å². The number of amides is 1. The predicted octanol–water partition coefficient (Wildman–Crippen LogP) is 5.74. The minimum atomic E-state index is -3.56. The van der Waals surface area contributed by atoms with Crippen LogP contribution in [0.15, 0.2) is 41.3 Å². The molecule has 0 atom stereocenters. The Labute approximate surface area is 237 Å². The fraction of sp³-hybridized carbons (Fsp3) is 0.500. The van der Waals surface area contributed by atoms with Crippen molar-refractivity contribution < 1.29 is 13.2 Å². The molecular weight excluding hydrogens is 540 g/mol. The number of likely N-dealkylation sites (N-methyl/N-ethyl adjacent to an activating group) is 1. The van der Waals surface area contributed by atoms with Crippen molar-refractivity contribution in [3.05, 3.63) is 53.1 Å². The first-order valence-corrected chi connectivity index (χ1v) is 15.4. The Hall–Kier alpha value is -2.04. The number of carbonyl (C=O) groups is 1. The lowest BCUT2D eigenvalue weighted by atomic mass is 10.0. The van der Waals surface area contributed by atoms with Gasteiger partial charge >= 0.3 is 0 Å². The van der Waals surface area contributed by atoms with E-state index in [0.717, 1.165) is 48.3 Å². The first kappa shape index (κ1) is 30.5. The molecule has 1 aromatic heterocycles. The molecule has 0 bridgehead atoms. The third kappa shape index (κ3) is 6.57. The quantitative estimate of drug-likeness (QED) is 0.323. The monoisotopic (exact) mass is 578 g/mol. The number of rotatable bonds is 9. The van der Waals surface area contributed by atoms with E-state index in [0.29, 0.717) is 36.2 Å². The Morgan fingerprint density at radius 3 is 2.29 bits per heavy atom. The van der Waals surface area contributed by atoms with Gasteiger partial charge in [-0.1, -0.05) is 38.2 Å². The normalized spacial score (nSPS) is 15.1. The largest absolute Gasteiger partial charge is 0.302 e. The highest BCUT2D eigenvalue weighted by molar-refractivity contribution is 7.89. The maximum atomic E-state index is 13.8. The van der Waals surface area contributed by atoms with Crippen LogP contribution in [0.3, 0.4) is 0 Å². The second-order valence-electron chi connectivity index (χ2n) is 10.0. The number of carbonyl (C=O) groups excluding carboxylic acids is 1. The zero-order valence-electron chi connectivity index (χ0n) is 22.9. The maximum absolute atomic E-state index is 13.8. The molecule has 2 aromatic carbocycles. The number of piperidine rings is 1. The standard InChI is InChI=1S/C28H38N4O3S2.ClH/c1-6-30(7-2)16-17-32(28-29-26-22(5)18-21(4)19-25(26)36-28)27(33)23-8-10-24(11-9-23)37(34,35)31-14-12-20(3)13-15-31;/h8-11,18-20H,6-7,12-17H2,1-5H3;1H. The van der Waals surface area contributed by atoms with Crippen LogP contribution in [0.4, 0.5) is 5.13 Å². The van der Waals surface area contributed by atoms with Crippen molar-refractivity contribution in [1.29, 1.82) is 0 Å². The highest BCUT2D eigenvalue weighted by atomic mass is 35.5. The van der Waals surface area contributed by atoms with E-state index in [1.807, 2.05) is 6.92 Å². The van der Waals surface area contributed by atoms with E-state index in [2.05, 4.69) is 44.7 Å². The number of aromatic nitrogens is 1. The highest BCUT2D eigenvalue weighted by Crippen LogP contribution is 2.32. The Morgan fingerprint density at radius 2 is 1.68 bits per heavy atom. The number of aryl methyl sites for hydroxylation is 2. The van der Waals surface area contributed by atoms with Crippen molar-refractivity contribution in [1.82, 2.24) is 14.2 Å². The average molecular weight is 579 g/mol. The SMILES string of the molecule is CCN(CC)CCN(C(=O)c1ccc(S(=O)(=O)N2CCC(C)CC2)cc1)c1nc2c(C)cc(C)cc2s1.Cl. The summed E-state index contributed by atoms with van der Waals surface area (Å²) in [5.41, 5.74) is 3.64. The van der Waals surface area contributed by atoms with Crippen LogP contribution in [-0.4, -0.2) is 67.8 Å². The van der Waals surface area contributed by atoms with Crippen LogP contribution < -0.4 is 4.90 Å². The lowest BCUT2D eigenvalue weighted by Crippen LogP contribution is -2.39. The van der Waals surface area contributed by atoms with Gasteiger partial charge in [0.2, 0.25) is 10.0 Å². The second-order valence-corrected chi connectivity index (χ2v) is 13.0. The Kier molecular flexibility index (Phi) is 10.3. The van der Waals surface area contributed by atoms with Gasteiger partial charge in [0, 0.05) is 31.7 Å². The van der Waals surface area contributed by atoms with E-state index in [9.17, 15) is 13.2 Å². The average Bonchev–Trinajstić information content (AvgIpc) is 3.31. The van der Waals surface area contributed by atoms with Crippen LogP contribution in [0.25, 0.3) is 10.2 Å². The summed E-state index contributed by atoms with van der Waals surface area (Å²) in [5.74, 6) is 0.375. The summed E-state index contributed by atoms with van der Waals surface area (Å²) in [6.07, 6.45) is 1.75. The zero-order valence-corrected chi connectivity index (χ0v) is 25.4. The van der Waals surface area contributed by atoms with E-state index in [-0.39, 0.29) is 23.2 Å². The summed E-state index contributed by atoms with van der Waals surface area (Å²) < 4.78 is 28.9. The van der Waals surface area contributed by atoms with Gasteiger partial charge in [-0.25, -0.2) is 13.4 Å². The topological polar surface area (TPSA) is 73.8 Å². The number of benzene rings is 2. The molecule has 38 heavy (non-hydrogen) atoms. The van der Waals surface area contributed by atoms with Crippen molar-refractivity contribution in [2.75, 3.05) is 44.2 Å². The molecule has 0 spiro atoms. The molecule has 1 amide bonds. The lowest BCUT2D eigenvalue weighted by molar-refractivity contribution is 0.0983.